The maximum Gasteiger partial charge on any atom is 0.293 e. The van der Waals surface area contributed by atoms with Crippen LogP contribution in [0.5, 0.6) is 17.2 Å². The average Bonchev–Trinajstić information content (AvgIpc) is 3.33. The summed E-state index contributed by atoms with van der Waals surface area (Å²) in [7, 11) is 1.58. The molecule has 160 valence electrons. The van der Waals surface area contributed by atoms with Gasteiger partial charge < -0.3 is 19.5 Å². The molecule has 3 amide bonds. The first-order valence-electron chi connectivity index (χ1n) is 9.58. The van der Waals surface area contributed by atoms with Crippen molar-refractivity contribution < 1.29 is 28.6 Å². The molecule has 0 atom stereocenters. The van der Waals surface area contributed by atoms with Crippen molar-refractivity contribution in [2.45, 2.75) is 6.42 Å². The van der Waals surface area contributed by atoms with E-state index in [9.17, 15) is 14.4 Å². The number of fused-ring (bicyclic) bond motifs is 1. The lowest BCUT2D eigenvalue weighted by molar-refractivity contribution is -0.124. The number of ether oxygens (including phenoxy) is 3. The highest BCUT2D eigenvalue weighted by atomic mass is 32.2. The van der Waals surface area contributed by atoms with E-state index in [1.807, 2.05) is 12.1 Å². The second kappa shape index (κ2) is 9.13. The molecular weight excluding hydrogens is 420 g/mol. The number of amides is 3. The van der Waals surface area contributed by atoms with E-state index < -0.39 is 0 Å². The second-order valence-electron chi connectivity index (χ2n) is 6.82. The number of imide groups is 1. The summed E-state index contributed by atoms with van der Waals surface area (Å²) < 4.78 is 15.7. The van der Waals surface area contributed by atoms with Gasteiger partial charge >= 0.3 is 0 Å². The third kappa shape index (κ3) is 4.83. The summed E-state index contributed by atoms with van der Waals surface area (Å²) in [5.41, 5.74) is 1.58. The largest absolute Gasteiger partial charge is 0.497 e. The molecule has 2 heterocycles. The van der Waals surface area contributed by atoms with Crippen molar-refractivity contribution in [2.75, 3.05) is 27.0 Å². The highest BCUT2D eigenvalue weighted by molar-refractivity contribution is 8.18. The van der Waals surface area contributed by atoms with Crippen molar-refractivity contribution in [3.63, 3.8) is 0 Å². The van der Waals surface area contributed by atoms with Crippen LogP contribution in [0.3, 0.4) is 0 Å². The molecule has 2 aromatic carbocycles. The number of rotatable bonds is 7. The van der Waals surface area contributed by atoms with E-state index in [-0.39, 0.29) is 43.4 Å². The number of benzene rings is 2. The molecule has 2 aliphatic rings. The summed E-state index contributed by atoms with van der Waals surface area (Å²) in [4.78, 5) is 38.5. The van der Waals surface area contributed by atoms with Crippen LogP contribution in [0.25, 0.3) is 6.08 Å². The Hall–Kier alpha value is -3.46. The number of nitrogens with zero attached hydrogens (tertiary/aromatic N) is 1. The summed E-state index contributed by atoms with van der Waals surface area (Å²) in [6.45, 7) is 0.460. The predicted molar refractivity (Wildman–Crippen MR) is 115 cm³/mol. The molecule has 2 aromatic rings. The molecule has 0 unspecified atom stereocenters. The van der Waals surface area contributed by atoms with Gasteiger partial charge in [0.15, 0.2) is 11.5 Å². The van der Waals surface area contributed by atoms with Crippen molar-refractivity contribution in [3.05, 3.63) is 58.5 Å². The number of carbonyl (C=O) groups is 3. The van der Waals surface area contributed by atoms with Crippen LogP contribution in [0.4, 0.5) is 4.79 Å². The minimum absolute atomic E-state index is 0.109. The maximum atomic E-state index is 12.6. The molecular formula is C22H20N2O6S. The van der Waals surface area contributed by atoms with Crippen LogP contribution in [-0.4, -0.2) is 48.9 Å². The van der Waals surface area contributed by atoms with Gasteiger partial charge in [0.25, 0.3) is 11.1 Å². The zero-order valence-corrected chi connectivity index (χ0v) is 17.6. The van der Waals surface area contributed by atoms with Crippen molar-refractivity contribution in [3.8, 4) is 17.2 Å². The lowest BCUT2D eigenvalue weighted by Crippen LogP contribution is -2.37. The Morgan fingerprint density at radius 3 is 2.71 bits per heavy atom. The van der Waals surface area contributed by atoms with E-state index in [1.165, 1.54) is 0 Å². The maximum absolute atomic E-state index is 12.6. The van der Waals surface area contributed by atoms with Crippen LogP contribution in [-0.2, 0) is 16.0 Å². The molecule has 1 N–H and O–H groups in total. The molecule has 8 nitrogen and oxygen atoms in total. The fourth-order valence-corrected chi connectivity index (χ4v) is 4.01. The first kappa shape index (κ1) is 20.8. The van der Waals surface area contributed by atoms with Gasteiger partial charge in [-0.3, -0.25) is 19.3 Å². The van der Waals surface area contributed by atoms with Crippen LogP contribution < -0.4 is 19.5 Å². The Morgan fingerprint density at radius 2 is 1.94 bits per heavy atom. The first-order valence-corrected chi connectivity index (χ1v) is 10.4. The topological polar surface area (TPSA) is 94.2 Å². The third-order valence-corrected chi connectivity index (χ3v) is 5.66. The van der Waals surface area contributed by atoms with Crippen molar-refractivity contribution >= 4 is 34.9 Å². The molecule has 4 rings (SSSR count). The Bertz CT molecular complexity index is 1050. The van der Waals surface area contributed by atoms with Crippen LogP contribution in [0.15, 0.2) is 47.4 Å². The van der Waals surface area contributed by atoms with E-state index in [1.54, 1.807) is 43.5 Å². The van der Waals surface area contributed by atoms with Gasteiger partial charge in [0.2, 0.25) is 12.7 Å². The number of methoxy groups -OCH3 is 1. The van der Waals surface area contributed by atoms with Crippen LogP contribution in [0, 0.1) is 0 Å². The molecule has 1 saturated heterocycles. The Morgan fingerprint density at radius 1 is 1.16 bits per heavy atom. The summed E-state index contributed by atoms with van der Waals surface area (Å²) >= 11 is 0.877. The van der Waals surface area contributed by atoms with Crippen molar-refractivity contribution in [1.29, 1.82) is 0 Å². The molecule has 0 aliphatic carbocycles. The minimum atomic E-state index is -0.378. The predicted octanol–water partition coefficient (Wildman–Crippen LogP) is 2.82. The molecule has 31 heavy (non-hydrogen) atoms. The van der Waals surface area contributed by atoms with Gasteiger partial charge in [-0.05, 0) is 53.2 Å². The highest BCUT2D eigenvalue weighted by Gasteiger charge is 2.34. The van der Waals surface area contributed by atoms with Crippen molar-refractivity contribution in [2.24, 2.45) is 0 Å². The van der Waals surface area contributed by atoms with Gasteiger partial charge in [0.05, 0.1) is 18.4 Å². The normalized spacial score (nSPS) is 16.2. The molecule has 0 saturated carbocycles. The fourth-order valence-electron chi connectivity index (χ4n) is 3.15. The lowest BCUT2D eigenvalue weighted by Gasteiger charge is -2.13. The number of carbonyl (C=O) groups excluding carboxylic acids is 3. The van der Waals surface area contributed by atoms with Gasteiger partial charge in [-0.1, -0.05) is 18.2 Å². The summed E-state index contributed by atoms with van der Waals surface area (Å²) in [6, 6.07) is 12.5. The second-order valence-corrected chi connectivity index (χ2v) is 7.81. The van der Waals surface area contributed by atoms with E-state index in [0.29, 0.717) is 16.4 Å². The molecule has 0 aromatic heterocycles. The van der Waals surface area contributed by atoms with Crippen molar-refractivity contribution in [1.82, 2.24) is 10.2 Å². The van der Waals surface area contributed by atoms with Gasteiger partial charge in [0, 0.05) is 13.1 Å². The van der Waals surface area contributed by atoms with Gasteiger partial charge in [-0.25, -0.2) is 0 Å². The van der Waals surface area contributed by atoms with E-state index in [2.05, 4.69) is 5.32 Å². The van der Waals surface area contributed by atoms with E-state index in [0.717, 1.165) is 33.5 Å². The van der Waals surface area contributed by atoms with E-state index in [4.69, 9.17) is 14.2 Å². The monoisotopic (exact) mass is 440 g/mol. The van der Waals surface area contributed by atoms with Gasteiger partial charge in [-0.15, -0.1) is 0 Å². The first-order chi connectivity index (χ1) is 15.0. The molecule has 9 heteroatoms. The SMILES string of the molecule is COc1ccc(CC(=O)NCCN2C(=O)SC(=Cc3ccc4c(c3)OCO4)C2=O)cc1. The summed E-state index contributed by atoms with van der Waals surface area (Å²) in [6.07, 6.45) is 1.85. The summed E-state index contributed by atoms with van der Waals surface area (Å²) in [5, 5.41) is 2.39. The molecule has 1 fully saturated rings. The quantitative estimate of drug-likeness (QED) is 0.662. The molecule has 0 bridgehead atoms. The van der Waals surface area contributed by atoms with Gasteiger partial charge in [0.1, 0.15) is 5.75 Å². The van der Waals surface area contributed by atoms with Crippen LogP contribution >= 0.6 is 11.8 Å². The van der Waals surface area contributed by atoms with Crippen LogP contribution in [0.2, 0.25) is 0 Å². The average molecular weight is 440 g/mol. The highest BCUT2D eigenvalue weighted by Crippen LogP contribution is 2.36. The zero-order chi connectivity index (χ0) is 21.8. The Labute approximate surface area is 183 Å². The van der Waals surface area contributed by atoms with E-state index >= 15 is 0 Å². The minimum Gasteiger partial charge on any atom is -0.497 e. The lowest BCUT2D eigenvalue weighted by atomic mass is 10.1. The number of thioether (sulfide) groups is 1. The number of hydrogen-bond donors (Lipinski definition) is 1. The number of hydrogen-bond acceptors (Lipinski definition) is 7. The smallest absolute Gasteiger partial charge is 0.293 e. The fraction of sp³-hybridized carbons (Fsp3) is 0.227. The standard InChI is InChI=1S/C22H20N2O6S/c1-28-16-5-2-14(3-6-16)12-20(25)23-8-9-24-21(26)19(31-22(24)27)11-15-4-7-17-18(10-15)30-13-29-17/h2-7,10-11H,8-9,12-13H2,1H3,(H,23,25). The number of nitrogens with one attached hydrogen (secondary N) is 1. The molecule has 2 aliphatic heterocycles. The third-order valence-electron chi connectivity index (χ3n) is 4.75. The Balaban J connectivity index is 1.30. The summed E-state index contributed by atoms with van der Waals surface area (Å²) in [5.74, 6) is 1.41. The molecule has 0 spiro atoms. The molecule has 0 radical (unpaired) electrons. The van der Waals surface area contributed by atoms with Gasteiger partial charge in [-0.2, -0.15) is 0 Å². The van der Waals surface area contributed by atoms with Crippen LogP contribution in [0.1, 0.15) is 11.1 Å². The Kier molecular flexibility index (Phi) is 6.13. The zero-order valence-electron chi connectivity index (χ0n) is 16.8.